The number of ether oxygens (including phenoxy) is 1. The van der Waals surface area contributed by atoms with Gasteiger partial charge < -0.3 is 20.1 Å². The van der Waals surface area contributed by atoms with Crippen LogP contribution in [0.5, 0.6) is 0 Å². The third-order valence-corrected chi connectivity index (χ3v) is 4.35. The van der Waals surface area contributed by atoms with E-state index in [0.717, 1.165) is 25.0 Å². The van der Waals surface area contributed by atoms with Gasteiger partial charge in [-0.15, -0.1) is 0 Å². The topological polar surface area (TPSA) is 61.8 Å². The van der Waals surface area contributed by atoms with Crippen LogP contribution < -0.4 is 5.32 Å². The fraction of sp³-hybridized carbons (Fsp3) is 0.611. The molecule has 2 amide bonds. The van der Waals surface area contributed by atoms with Crippen LogP contribution in [0.15, 0.2) is 30.3 Å². The van der Waals surface area contributed by atoms with E-state index in [1.807, 2.05) is 30.3 Å². The quantitative estimate of drug-likeness (QED) is 0.811. The number of nitrogens with one attached hydrogen (secondary N) is 1. The molecule has 1 aliphatic rings. The molecule has 1 aromatic carbocycles. The molecular formula is C18H28N2O3. The van der Waals surface area contributed by atoms with Crippen LogP contribution >= 0.6 is 0 Å². The molecule has 0 bridgehead atoms. The number of urea groups is 1. The molecule has 128 valence electrons. The van der Waals surface area contributed by atoms with E-state index in [1.54, 1.807) is 11.9 Å². The van der Waals surface area contributed by atoms with Crippen LogP contribution in [0.1, 0.15) is 37.2 Å². The van der Waals surface area contributed by atoms with Gasteiger partial charge in [-0.25, -0.2) is 4.79 Å². The number of amides is 2. The maximum Gasteiger partial charge on any atom is 0.317 e. The van der Waals surface area contributed by atoms with E-state index in [9.17, 15) is 9.90 Å². The molecular weight excluding hydrogens is 292 g/mol. The van der Waals surface area contributed by atoms with Crippen LogP contribution in [0.3, 0.4) is 0 Å². The molecule has 5 nitrogen and oxygen atoms in total. The van der Waals surface area contributed by atoms with Gasteiger partial charge in [-0.3, -0.25) is 0 Å². The van der Waals surface area contributed by atoms with Crippen molar-refractivity contribution in [2.24, 2.45) is 0 Å². The van der Waals surface area contributed by atoms with Crippen molar-refractivity contribution in [2.75, 3.05) is 33.4 Å². The van der Waals surface area contributed by atoms with Crippen LogP contribution in [0.25, 0.3) is 0 Å². The fourth-order valence-corrected chi connectivity index (χ4v) is 2.95. The molecule has 1 fully saturated rings. The van der Waals surface area contributed by atoms with Gasteiger partial charge in [0, 0.05) is 39.3 Å². The number of aliphatic hydroxyl groups excluding tert-OH is 1. The lowest BCUT2D eigenvalue weighted by Gasteiger charge is -2.28. The van der Waals surface area contributed by atoms with Crippen molar-refractivity contribution in [1.29, 1.82) is 0 Å². The third-order valence-electron chi connectivity index (χ3n) is 4.35. The first-order chi connectivity index (χ1) is 11.2. The highest BCUT2D eigenvalue weighted by molar-refractivity contribution is 5.73. The molecule has 1 heterocycles. The summed E-state index contributed by atoms with van der Waals surface area (Å²) in [6.07, 6.45) is 4.11. The Balaban J connectivity index is 1.80. The zero-order valence-corrected chi connectivity index (χ0v) is 13.9. The van der Waals surface area contributed by atoms with Crippen molar-refractivity contribution in [3.63, 3.8) is 0 Å². The molecule has 2 atom stereocenters. The Morgan fingerprint density at radius 2 is 2.17 bits per heavy atom. The Hall–Kier alpha value is -1.59. The molecule has 1 aliphatic heterocycles. The lowest BCUT2D eigenvalue weighted by atomic mass is 9.96. The van der Waals surface area contributed by atoms with Gasteiger partial charge in [0.05, 0.1) is 6.10 Å². The molecule has 5 heteroatoms. The monoisotopic (exact) mass is 320 g/mol. The number of rotatable bonds is 7. The number of nitrogens with zero attached hydrogens (tertiary/aromatic N) is 1. The van der Waals surface area contributed by atoms with Gasteiger partial charge >= 0.3 is 6.03 Å². The minimum Gasteiger partial charge on any atom is -0.396 e. The van der Waals surface area contributed by atoms with E-state index in [4.69, 9.17) is 4.74 Å². The molecule has 2 N–H and O–H groups in total. The summed E-state index contributed by atoms with van der Waals surface area (Å²) >= 11 is 0. The van der Waals surface area contributed by atoms with Crippen molar-refractivity contribution in [2.45, 2.75) is 37.7 Å². The van der Waals surface area contributed by atoms with E-state index in [2.05, 4.69) is 5.32 Å². The summed E-state index contributed by atoms with van der Waals surface area (Å²) in [5.74, 6) is 0.129. The Bertz CT molecular complexity index is 461. The normalized spacial score (nSPS) is 19.1. The number of carbonyl (C=O) groups is 1. The minimum atomic E-state index is -0.0851. The Kier molecular flexibility index (Phi) is 7.36. The van der Waals surface area contributed by atoms with Crippen molar-refractivity contribution >= 4 is 6.03 Å². The SMILES string of the molecule is CN(CC1CCCCO1)C(=O)NCC(CCO)c1ccccc1. The molecule has 0 aromatic heterocycles. The highest BCUT2D eigenvalue weighted by atomic mass is 16.5. The fourth-order valence-electron chi connectivity index (χ4n) is 2.95. The highest BCUT2D eigenvalue weighted by Crippen LogP contribution is 2.18. The minimum absolute atomic E-state index is 0.0851. The largest absolute Gasteiger partial charge is 0.396 e. The Morgan fingerprint density at radius 1 is 1.39 bits per heavy atom. The van der Waals surface area contributed by atoms with E-state index in [-0.39, 0.29) is 24.7 Å². The van der Waals surface area contributed by atoms with Gasteiger partial charge in [0.25, 0.3) is 0 Å². The van der Waals surface area contributed by atoms with Crippen molar-refractivity contribution in [3.8, 4) is 0 Å². The van der Waals surface area contributed by atoms with E-state index in [1.165, 1.54) is 6.42 Å². The molecule has 2 unspecified atom stereocenters. The van der Waals surface area contributed by atoms with Crippen molar-refractivity contribution < 1.29 is 14.6 Å². The summed E-state index contributed by atoms with van der Waals surface area (Å²) in [6.45, 7) is 2.06. The summed E-state index contributed by atoms with van der Waals surface area (Å²) in [5.41, 5.74) is 1.14. The van der Waals surface area contributed by atoms with Gasteiger partial charge in [0.1, 0.15) is 0 Å². The Morgan fingerprint density at radius 3 is 2.83 bits per heavy atom. The van der Waals surface area contributed by atoms with Crippen LogP contribution in [0.2, 0.25) is 0 Å². The van der Waals surface area contributed by atoms with Crippen LogP contribution in [-0.2, 0) is 4.74 Å². The van der Waals surface area contributed by atoms with Gasteiger partial charge in [-0.1, -0.05) is 30.3 Å². The average Bonchev–Trinajstić information content (AvgIpc) is 2.60. The third kappa shape index (κ3) is 5.84. The second-order valence-corrected chi connectivity index (χ2v) is 6.18. The van der Waals surface area contributed by atoms with Crippen LogP contribution in [0.4, 0.5) is 4.79 Å². The Labute approximate surface area is 138 Å². The predicted molar refractivity (Wildman–Crippen MR) is 90.5 cm³/mol. The summed E-state index contributed by atoms with van der Waals surface area (Å²) in [5, 5.41) is 12.2. The number of aliphatic hydroxyl groups is 1. The molecule has 0 spiro atoms. The number of hydrogen-bond acceptors (Lipinski definition) is 3. The molecule has 0 aliphatic carbocycles. The van der Waals surface area contributed by atoms with E-state index < -0.39 is 0 Å². The first-order valence-electron chi connectivity index (χ1n) is 8.47. The smallest absolute Gasteiger partial charge is 0.317 e. The van der Waals surface area contributed by atoms with Crippen molar-refractivity contribution in [1.82, 2.24) is 10.2 Å². The van der Waals surface area contributed by atoms with E-state index in [0.29, 0.717) is 19.5 Å². The molecule has 0 saturated carbocycles. The number of benzene rings is 1. The number of hydrogen-bond donors (Lipinski definition) is 2. The summed E-state index contributed by atoms with van der Waals surface area (Å²) in [6, 6.07) is 9.91. The maximum atomic E-state index is 12.3. The summed E-state index contributed by atoms with van der Waals surface area (Å²) in [7, 11) is 1.80. The predicted octanol–water partition coefficient (Wildman–Crippen LogP) is 2.36. The number of carbonyl (C=O) groups excluding carboxylic acids is 1. The van der Waals surface area contributed by atoms with Crippen LogP contribution in [0, 0.1) is 0 Å². The maximum absolute atomic E-state index is 12.3. The zero-order valence-electron chi connectivity index (χ0n) is 13.9. The van der Waals surface area contributed by atoms with E-state index >= 15 is 0 Å². The van der Waals surface area contributed by atoms with Gasteiger partial charge in [-0.2, -0.15) is 0 Å². The highest BCUT2D eigenvalue weighted by Gasteiger charge is 2.19. The first kappa shape index (κ1) is 17.8. The second-order valence-electron chi connectivity index (χ2n) is 6.18. The standard InChI is InChI=1S/C18H28N2O3/c1-20(14-17-9-5-6-12-23-17)18(22)19-13-16(10-11-21)15-7-3-2-4-8-15/h2-4,7-8,16-17,21H,5-6,9-14H2,1H3,(H,19,22). The molecule has 0 radical (unpaired) electrons. The summed E-state index contributed by atoms with van der Waals surface area (Å²) in [4.78, 5) is 13.9. The van der Waals surface area contributed by atoms with Gasteiger partial charge in [0.2, 0.25) is 0 Å². The van der Waals surface area contributed by atoms with Gasteiger partial charge in [-0.05, 0) is 31.2 Å². The number of likely N-dealkylation sites (N-methyl/N-ethyl adjacent to an activating group) is 1. The average molecular weight is 320 g/mol. The zero-order chi connectivity index (χ0) is 16.5. The molecule has 23 heavy (non-hydrogen) atoms. The van der Waals surface area contributed by atoms with Crippen LogP contribution in [-0.4, -0.2) is 55.5 Å². The first-order valence-corrected chi connectivity index (χ1v) is 8.47. The molecule has 2 rings (SSSR count). The summed E-state index contributed by atoms with van der Waals surface area (Å²) < 4.78 is 5.68. The van der Waals surface area contributed by atoms with Crippen molar-refractivity contribution in [3.05, 3.63) is 35.9 Å². The molecule has 1 aromatic rings. The second kappa shape index (κ2) is 9.53. The van der Waals surface area contributed by atoms with Gasteiger partial charge in [0.15, 0.2) is 0 Å². The lowest BCUT2D eigenvalue weighted by molar-refractivity contribution is 0.00385. The lowest BCUT2D eigenvalue weighted by Crippen LogP contribution is -2.43. The molecule has 1 saturated heterocycles.